The molecule has 2 aromatic rings. The summed E-state index contributed by atoms with van der Waals surface area (Å²) >= 11 is 2.14. The third-order valence-corrected chi connectivity index (χ3v) is 2.79. The maximum absolute atomic E-state index is 13.7. The van der Waals surface area contributed by atoms with Crippen molar-refractivity contribution in [1.82, 2.24) is 4.98 Å². The van der Waals surface area contributed by atoms with E-state index in [0.29, 0.717) is 5.75 Å². The molecule has 0 aliphatic rings. The third kappa shape index (κ3) is 2.92. The van der Waals surface area contributed by atoms with Gasteiger partial charge in [-0.15, -0.1) is 0 Å². The van der Waals surface area contributed by atoms with E-state index in [9.17, 15) is 4.39 Å². The molecule has 1 aromatic heterocycles. The predicted molar refractivity (Wildman–Crippen MR) is 69.4 cm³/mol. The number of hydrogen-bond acceptors (Lipinski definition) is 3. The van der Waals surface area contributed by atoms with Crippen molar-refractivity contribution in [3.63, 3.8) is 0 Å². The van der Waals surface area contributed by atoms with Crippen LogP contribution in [0.2, 0.25) is 0 Å². The Labute approximate surface area is 111 Å². The van der Waals surface area contributed by atoms with E-state index in [1.54, 1.807) is 12.1 Å². The minimum absolute atomic E-state index is 0.126. The average molecular weight is 345 g/mol. The molecule has 0 radical (unpaired) electrons. The minimum Gasteiger partial charge on any atom is -0.436 e. The summed E-state index contributed by atoms with van der Waals surface area (Å²) in [6.45, 7) is -0.378. The van der Waals surface area contributed by atoms with Gasteiger partial charge in [-0.3, -0.25) is 0 Å². The molecular formula is C12H9FINO2. The van der Waals surface area contributed by atoms with Crippen LogP contribution >= 0.6 is 22.6 Å². The fourth-order valence-electron chi connectivity index (χ4n) is 1.30. The molecule has 0 spiro atoms. The molecule has 17 heavy (non-hydrogen) atoms. The highest BCUT2D eigenvalue weighted by atomic mass is 127. The van der Waals surface area contributed by atoms with E-state index in [0.717, 1.165) is 3.57 Å². The van der Waals surface area contributed by atoms with E-state index >= 15 is 0 Å². The van der Waals surface area contributed by atoms with Crippen LogP contribution in [0.4, 0.5) is 4.39 Å². The van der Waals surface area contributed by atoms with Crippen LogP contribution in [0.5, 0.6) is 11.6 Å². The molecule has 3 nitrogen and oxygen atoms in total. The molecular weight excluding hydrogens is 336 g/mol. The molecule has 0 atom stereocenters. The quantitative estimate of drug-likeness (QED) is 0.870. The molecule has 5 heteroatoms. The van der Waals surface area contributed by atoms with Gasteiger partial charge in [0.25, 0.3) is 5.88 Å². The van der Waals surface area contributed by atoms with Crippen molar-refractivity contribution in [1.29, 1.82) is 0 Å². The lowest BCUT2D eigenvalue weighted by Gasteiger charge is -2.07. The minimum atomic E-state index is -0.631. The highest BCUT2D eigenvalue weighted by molar-refractivity contribution is 14.1. The van der Waals surface area contributed by atoms with Crippen molar-refractivity contribution in [2.45, 2.75) is 6.61 Å². The summed E-state index contributed by atoms with van der Waals surface area (Å²) in [7, 11) is 0. The molecule has 0 fully saturated rings. The largest absolute Gasteiger partial charge is 0.436 e. The number of aromatic nitrogens is 1. The zero-order valence-corrected chi connectivity index (χ0v) is 10.9. The second kappa shape index (κ2) is 5.42. The van der Waals surface area contributed by atoms with Gasteiger partial charge in [-0.25, -0.2) is 9.37 Å². The maximum atomic E-state index is 13.7. The van der Waals surface area contributed by atoms with E-state index in [1.807, 2.05) is 12.1 Å². The molecule has 0 bridgehead atoms. The van der Waals surface area contributed by atoms with Crippen LogP contribution in [0.25, 0.3) is 0 Å². The Bertz CT molecular complexity index is 534. The van der Waals surface area contributed by atoms with Crippen LogP contribution in [0.15, 0.2) is 36.5 Å². The van der Waals surface area contributed by atoms with Gasteiger partial charge >= 0.3 is 0 Å². The molecule has 1 aromatic carbocycles. The molecule has 0 saturated carbocycles. The second-order valence-electron chi connectivity index (χ2n) is 3.31. The summed E-state index contributed by atoms with van der Waals surface area (Å²) in [6.07, 6.45) is 1.40. The van der Waals surface area contributed by atoms with Gasteiger partial charge in [0.2, 0.25) is 0 Å². The van der Waals surface area contributed by atoms with Crippen molar-refractivity contribution in [2.24, 2.45) is 0 Å². The van der Waals surface area contributed by atoms with Crippen LogP contribution in [0.3, 0.4) is 0 Å². The summed E-state index contributed by atoms with van der Waals surface area (Å²) in [6, 6.07) is 8.62. The topological polar surface area (TPSA) is 42.4 Å². The molecule has 0 aliphatic carbocycles. The number of nitrogens with zero attached hydrogens (tertiary/aromatic N) is 1. The fraction of sp³-hybridized carbons (Fsp3) is 0.0833. The Morgan fingerprint density at radius 1 is 1.35 bits per heavy atom. The highest BCUT2D eigenvalue weighted by Crippen LogP contribution is 2.25. The number of aliphatic hydroxyl groups is 1. The van der Waals surface area contributed by atoms with Crippen molar-refractivity contribution < 1.29 is 14.2 Å². The fourth-order valence-corrected chi connectivity index (χ4v) is 1.81. The Morgan fingerprint density at radius 3 is 2.88 bits per heavy atom. The summed E-state index contributed by atoms with van der Waals surface area (Å²) in [5, 5.41) is 8.93. The van der Waals surface area contributed by atoms with Gasteiger partial charge in [0.05, 0.1) is 6.61 Å². The lowest BCUT2D eigenvalue weighted by atomic mass is 10.2. The van der Waals surface area contributed by atoms with Gasteiger partial charge < -0.3 is 9.84 Å². The smallest absolute Gasteiger partial charge is 0.256 e. The van der Waals surface area contributed by atoms with Crippen LogP contribution in [-0.4, -0.2) is 10.1 Å². The first-order valence-corrected chi connectivity index (χ1v) is 5.96. The van der Waals surface area contributed by atoms with Crippen molar-refractivity contribution in [3.8, 4) is 11.6 Å². The number of aliphatic hydroxyl groups excluding tert-OH is 1. The summed E-state index contributed by atoms with van der Waals surface area (Å²) < 4.78 is 20.0. The molecule has 0 saturated heterocycles. The Kier molecular flexibility index (Phi) is 3.90. The number of benzene rings is 1. The van der Waals surface area contributed by atoms with E-state index in [4.69, 9.17) is 9.84 Å². The third-order valence-electron chi connectivity index (χ3n) is 2.12. The van der Waals surface area contributed by atoms with Crippen molar-refractivity contribution in [2.75, 3.05) is 0 Å². The lowest BCUT2D eigenvalue weighted by molar-refractivity contribution is 0.273. The lowest BCUT2D eigenvalue weighted by Crippen LogP contribution is -1.97. The van der Waals surface area contributed by atoms with Gasteiger partial charge in [-0.2, -0.15) is 0 Å². The van der Waals surface area contributed by atoms with E-state index in [2.05, 4.69) is 27.6 Å². The molecule has 0 unspecified atom stereocenters. The molecule has 1 N–H and O–H groups in total. The standard InChI is InChI=1S/C12H9FINO2/c13-11-8(7-16)4-5-15-12(11)17-10-3-1-2-9(14)6-10/h1-6,16H,7H2. The van der Waals surface area contributed by atoms with Gasteiger partial charge in [0.15, 0.2) is 5.82 Å². The molecule has 1 heterocycles. The molecule has 2 rings (SSSR count). The number of ether oxygens (including phenoxy) is 1. The Hall–Kier alpha value is -1.21. The molecule has 0 amide bonds. The first-order chi connectivity index (χ1) is 8.20. The number of halogens is 2. The number of rotatable bonds is 3. The Balaban J connectivity index is 2.30. The zero-order chi connectivity index (χ0) is 12.3. The van der Waals surface area contributed by atoms with E-state index in [-0.39, 0.29) is 18.1 Å². The van der Waals surface area contributed by atoms with Gasteiger partial charge in [-0.1, -0.05) is 6.07 Å². The SMILES string of the molecule is OCc1ccnc(Oc2cccc(I)c2)c1F. The first kappa shape index (κ1) is 12.3. The average Bonchev–Trinajstić information content (AvgIpc) is 2.32. The van der Waals surface area contributed by atoms with E-state index < -0.39 is 5.82 Å². The number of pyridine rings is 1. The van der Waals surface area contributed by atoms with Crippen molar-refractivity contribution >= 4 is 22.6 Å². The summed E-state index contributed by atoms with van der Waals surface area (Å²) in [4.78, 5) is 3.80. The number of hydrogen-bond donors (Lipinski definition) is 1. The van der Waals surface area contributed by atoms with Crippen LogP contribution in [-0.2, 0) is 6.61 Å². The first-order valence-electron chi connectivity index (χ1n) is 4.88. The summed E-state index contributed by atoms with van der Waals surface area (Å²) in [5.41, 5.74) is 0.167. The maximum Gasteiger partial charge on any atom is 0.256 e. The highest BCUT2D eigenvalue weighted by Gasteiger charge is 2.10. The molecule has 0 aliphatic heterocycles. The molecule has 88 valence electrons. The van der Waals surface area contributed by atoms with Gasteiger partial charge in [-0.05, 0) is 46.9 Å². The zero-order valence-electron chi connectivity index (χ0n) is 8.73. The van der Waals surface area contributed by atoms with Crippen LogP contribution < -0.4 is 4.74 Å². The van der Waals surface area contributed by atoms with Crippen molar-refractivity contribution in [3.05, 3.63) is 51.5 Å². The normalized spacial score (nSPS) is 10.3. The van der Waals surface area contributed by atoms with E-state index in [1.165, 1.54) is 12.3 Å². The Morgan fingerprint density at radius 2 is 2.18 bits per heavy atom. The van der Waals surface area contributed by atoms with Crippen LogP contribution in [0.1, 0.15) is 5.56 Å². The van der Waals surface area contributed by atoms with Crippen LogP contribution in [0, 0.1) is 9.39 Å². The van der Waals surface area contributed by atoms with Gasteiger partial charge in [0, 0.05) is 15.3 Å². The van der Waals surface area contributed by atoms with Gasteiger partial charge in [0.1, 0.15) is 5.75 Å². The monoisotopic (exact) mass is 345 g/mol. The predicted octanol–water partition coefficient (Wildman–Crippen LogP) is 3.11. The second-order valence-corrected chi connectivity index (χ2v) is 4.55. The summed E-state index contributed by atoms with van der Waals surface area (Å²) in [5.74, 6) is -0.245.